The summed E-state index contributed by atoms with van der Waals surface area (Å²) in [6.45, 7) is 29.4. The number of rotatable bonds is 7. The average molecular weight is 444 g/mol. The molecule has 0 saturated heterocycles. The van der Waals surface area contributed by atoms with E-state index < -0.39 is 5.60 Å². The molecule has 0 radical (unpaired) electrons. The second-order valence-electron chi connectivity index (χ2n) is 8.70. The predicted molar refractivity (Wildman–Crippen MR) is 146 cm³/mol. The van der Waals surface area contributed by atoms with Crippen molar-refractivity contribution < 1.29 is 11.6 Å². The Bertz CT molecular complexity index is 851. The Labute approximate surface area is 199 Å². The van der Waals surface area contributed by atoms with E-state index in [1.165, 1.54) is 13.5 Å². The molecule has 0 saturated carbocycles. The maximum Gasteiger partial charge on any atom is 0.112 e. The number of benzene rings is 1. The van der Waals surface area contributed by atoms with Crippen LogP contribution < -0.4 is 5.73 Å². The molecule has 3 nitrogen and oxygen atoms in total. The Morgan fingerprint density at radius 1 is 1.12 bits per heavy atom. The molecule has 32 heavy (non-hydrogen) atoms. The molecule has 1 rings (SSSR count). The fourth-order valence-electron chi connectivity index (χ4n) is 3.69. The average Bonchev–Trinajstić information content (AvgIpc) is 2.67. The summed E-state index contributed by atoms with van der Waals surface area (Å²) in [6.07, 6.45) is 3.06. The van der Waals surface area contributed by atoms with Gasteiger partial charge in [0, 0.05) is 12.9 Å². The molecule has 0 spiro atoms. The van der Waals surface area contributed by atoms with Crippen molar-refractivity contribution in [1.29, 1.82) is 0 Å². The van der Waals surface area contributed by atoms with Crippen molar-refractivity contribution in [3.63, 3.8) is 0 Å². The van der Waals surface area contributed by atoms with E-state index in [1.807, 2.05) is 52.8 Å². The Hall–Kier alpha value is -2.36. The minimum atomic E-state index is -1.07. The SMILES string of the molecule is C=Cc1ccc(C(C(=C(C)C)C(C)(C)O)/C(C(=C)O)=C(\C)C(=C)C)c(C)c1.CCC.CN.[HH]. The third-order valence-corrected chi connectivity index (χ3v) is 4.97. The highest BCUT2D eigenvalue weighted by Crippen LogP contribution is 2.44. The van der Waals surface area contributed by atoms with Crippen molar-refractivity contribution in [3.8, 4) is 0 Å². The van der Waals surface area contributed by atoms with Gasteiger partial charge in [-0.15, -0.1) is 0 Å². The van der Waals surface area contributed by atoms with Crippen molar-refractivity contribution in [2.75, 3.05) is 7.05 Å². The van der Waals surface area contributed by atoms with Gasteiger partial charge in [-0.3, -0.25) is 0 Å². The maximum atomic E-state index is 11.0. The molecule has 0 heterocycles. The molecule has 0 aliphatic rings. The Balaban J connectivity index is -0.00000138. The van der Waals surface area contributed by atoms with Crippen LogP contribution in [0.25, 0.3) is 6.08 Å². The van der Waals surface area contributed by atoms with Crippen molar-refractivity contribution >= 4 is 6.08 Å². The van der Waals surface area contributed by atoms with Gasteiger partial charge in [-0.05, 0) is 83.4 Å². The monoisotopic (exact) mass is 443 g/mol. The fraction of sp³-hybridized carbons (Fsp3) is 0.448. The molecule has 1 aromatic carbocycles. The molecular weight excluding hydrogens is 394 g/mol. The van der Waals surface area contributed by atoms with Gasteiger partial charge in [0.1, 0.15) is 5.76 Å². The summed E-state index contributed by atoms with van der Waals surface area (Å²) in [4.78, 5) is 0. The fourth-order valence-corrected chi connectivity index (χ4v) is 3.69. The van der Waals surface area contributed by atoms with Gasteiger partial charge in [-0.2, -0.15) is 0 Å². The van der Waals surface area contributed by atoms with E-state index >= 15 is 0 Å². The number of hydrogen-bond acceptors (Lipinski definition) is 3. The lowest BCUT2D eigenvalue weighted by atomic mass is 9.72. The first-order valence-corrected chi connectivity index (χ1v) is 11.2. The van der Waals surface area contributed by atoms with Crippen LogP contribution in [0.1, 0.15) is 85.8 Å². The molecule has 0 amide bonds. The second kappa shape index (κ2) is 14.7. The van der Waals surface area contributed by atoms with Crippen molar-refractivity contribution in [1.82, 2.24) is 0 Å². The van der Waals surface area contributed by atoms with Crippen LogP contribution in [-0.2, 0) is 0 Å². The third-order valence-electron chi connectivity index (χ3n) is 4.97. The third kappa shape index (κ3) is 9.02. The summed E-state index contributed by atoms with van der Waals surface area (Å²) in [5.41, 5.74) is 10.8. The minimum absolute atomic E-state index is 0. The largest absolute Gasteiger partial charge is 0.508 e. The number of aliphatic hydroxyl groups excluding tert-OH is 1. The first kappa shape index (κ1) is 31.8. The summed E-state index contributed by atoms with van der Waals surface area (Å²) in [5, 5.41) is 21.5. The highest BCUT2D eigenvalue weighted by Gasteiger charge is 2.34. The Morgan fingerprint density at radius 2 is 1.59 bits per heavy atom. The molecule has 0 aliphatic carbocycles. The van der Waals surface area contributed by atoms with Gasteiger partial charge in [0.25, 0.3) is 0 Å². The number of hydrogen-bond donors (Lipinski definition) is 3. The topological polar surface area (TPSA) is 66.5 Å². The first-order chi connectivity index (χ1) is 14.7. The standard InChI is InChI=1S/C25H34O2.C3H8.CH5N.H2/c1-11-20-12-13-21(17(6)14-20)23(24(16(4)5)25(9,10)27)22(19(8)26)18(7)15(2)3;1-3-2;1-2;/h11-14,23,26-27H,1-2,8H2,3-7,9-10H3;3H2,1-2H3;2H2,1H3;1H/b22-18+;;;. The van der Waals surface area contributed by atoms with E-state index in [0.29, 0.717) is 5.57 Å². The van der Waals surface area contributed by atoms with Gasteiger partial charge in [0.05, 0.1) is 5.60 Å². The smallest absolute Gasteiger partial charge is 0.112 e. The molecule has 0 aliphatic heterocycles. The van der Waals surface area contributed by atoms with Crippen molar-refractivity contribution in [2.24, 2.45) is 5.73 Å². The van der Waals surface area contributed by atoms with Gasteiger partial charge < -0.3 is 15.9 Å². The number of allylic oxidation sites excluding steroid dienone is 4. The van der Waals surface area contributed by atoms with Gasteiger partial charge in [0.2, 0.25) is 0 Å². The molecule has 1 aromatic rings. The molecule has 182 valence electrons. The van der Waals surface area contributed by atoms with E-state index in [2.05, 4.69) is 45.4 Å². The van der Waals surface area contributed by atoms with Gasteiger partial charge in [0.15, 0.2) is 0 Å². The highest BCUT2D eigenvalue weighted by atomic mass is 16.3. The number of aliphatic hydroxyl groups is 2. The van der Waals surface area contributed by atoms with Crippen LogP contribution in [0.4, 0.5) is 0 Å². The van der Waals surface area contributed by atoms with Gasteiger partial charge in [-0.1, -0.05) is 75.4 Å². The van der Waals surface area contributed by atoms with Crippen LogP contribution in [0.5, 0.6) is 0 Å². The minimum Gasteiger partial charge on any atom is -0.508 e. The summed E-state index contributed by atoms with van der Waals surface area (Å²) < 4.78 is 0. The zero-order valence-corrected chi connectivity index (χ0v) is 22.2. The van der Waals surface area contributed by atoms with E-state index in [4.69, 9.17) is 0 Å². The van der Waals surface area contributed by atoms with Gasteiger partial charge in [-0.25, -0.2) is 0 Å². The molecule has 0 fully saturated rings. The highest BCUT2D eigenvalue weighted by molar-refractivity contribution is 5.57. The second-order valence-corrected chi connectivity index (χ2v) is 8.70. The molecular formula is C29H49NO2. The predicted octanol–water partition coefficient (Wildman–Crippen LogP) is 8.03. The van der Waals surface area contributed by atoms with E-state index in [0.717, 1.165) is 39.0 Å². The van der Waals surface area contributed by atoms with Crippen LogP contribution in [0, 0.1) is 6.92 Å². The zero-order valence-electron chi connectivity index (χ0n) is 22.2. The Kier molecular flexibility index (Phi) is 14.6. The summed E-state index contributed by atoms with van der Waals surface area (Å²) in [7, 11) is 1.50. The van der Waals surface area contributed by atoms with Crippen LogP contribution in [0.3, 0.4) is 0 Å². The van der Waals surface area contributed by atoms with E-state index in [1.54, 1.807) is 13.8 Å². The lowest BCUT2D eigenvalue weighted by Gasteiger charge is -2.35. The molecule has 0 aromatic heterocycles. The maximum absolute atomic E-state index is 11.0. The first-order valence-electron chi connectivity index (χ1n) is 11.2. The molecule has 1 atom stereocenters. The molecule has 3 heteroatoms. The summed E-state index contributed by atoms with van der Waals surface area (Å²) >= 11 is 0. The van der Waals surface area contributed by atoms with Crippen LogP contribution in [-0.4, -0.2) is 22.9 Å². The number of nitrogens with two attached hydrogens (primary N) is 1. The normalized spacial score (nSPS) is 12.1. The van der Waals surface area contributed by atoms with Crippen LogP contribution in [0.2, 0.25) is 0 Å². The lowest BCUT2D eigenvalue weighted by molar-refractivity contribution is 0.113. The summed E-state index contributed by atoms with van der Waals surface area (Å²) in [6, 6.07) is 6.11. The van der Waals surface area contributed by atoms with E-state index in [-0.39, 0.29) is 13.1 Å². The molecule has 4 N–H and O–H groups in total. The summed E-state index contributed by atoms with van der Waals surface area (Å²) in [5.74, 6) is -0.334. The Morgan fingerprint density at radius 3 is 1.88 bits per heavy atom. The zero-order chi connectivity index (χ0) is 25.8. The van der Waals surface area contributed by atoms with Crippen molar-refractivity contribution in [3.05, 3.63) is 88.3 Å². The van der Waals surface area contributed by atoms with Gasteiger partial charge >= 0.3 is 0 Å². The van der Waals surface area contributed by atoms with E-state index in [9.17, 15) is 10.2 Å². The molecule has 1 unspecified atom stereocenters. The van der Waals surface area contributed by atoms with Crippen molar-refractivity contribution in [2.45, 2.75) is 80.3 Å². The number of aryl methyl sites for hydroxylation is 1. The molecule has 0 bridgehead atoms. The van der Waals surface area contributed by atoms with Crippen LogP contribution >= 0.6 is 0 Å². The van der Waals surface area contributed by atoms with Crippen LogP contribution in [0.15, 0.2) is 71.6 Å². The quantitative estimate of drug-likeness (QED) is 0.227. The lowest BCUT2D eigenvalue weighted by Crippen LogP contribution is -2.29.